The summed E-state index contributed by atoms with van der Waals surface area (Å²) < 4.78 is 25.4. The zero-order valence-electron chi connectivity index (χ0n) is 21.2. The smallest absolute Gasteiger partial charge is 0.340 e. The standard InChI is InChI=1S/C32H32FNO3/c1-21(25-14-7-10-22-9-3-4-12-26(22)25)34-18-8-11-24-20-28(27-13-5-6-15-31(27)37-24)23-16-17-30(33)29(19-23)32(35)36-2/h3-7,9-10,12-17,19,21,24,28,34H,8,11,18,20H2,1-2H3/t21-,24+,28-/m1/s1. The summed E-state index contributed by atoms with van der Waals surface area (Å²) >= 11 is 0. The molecule has 0 aromatic heterocycles. The Morgan fingerprint density at radius 1 is 1.05 bits per heavy atom. The van der Waals surface area contributed by atoms with Crippen LogP contribution in [0.15, 0.2) is 84.9 Å². The monoisotopic (exact) mass is 497 g/mol. The van der Waals surface area contributed by atoms with E-state index in [0.29, 0.717) is 0 Å². The number of carbonyl (C=O) groups is 1. The van der Waals surface area contributed by atoms with E-state index in [9.17, 15) is 9.18 Å². The Kier molecular flexibility index (Phi) is 7.52. The molecule has 0 aliphatic carbocycles. The molecule has 4 nitrogen and oxygen atoms in total. The predicted octanol–water partition coefficient (Wildman–Crippen LogP) is 7.18. The minimum absolute atomic E-state index is 0.0153. The van der Waals surface area contributed by atoms with Gasteiger partial charge in [0, 0.05) is 17.5 Å². The van der Waals surface area contributed by atoms with Gasteiger partial charge in [-0.15, -0.1) is 0 Å². The summed E-state index contributed by atoms with van der Waals surface area (Å²) in [6.07, 6.45) is 2.65. The van der Waals surface area contributed by atoms with Gasteiger partial charge in [-0.2, -0.15) is 0 Å². The molecule has 1 aliphatic rings. The van der Waals surface area contributed by atoms with Crippen molar-refractivity contribution >= 4 is 16.7 Å². The summed E-state index contributed by atoms with van der Waals surface area (Å²) in [5, 5.41) is 6.21. The maximum absolute atomic E-state index is 14.3. The number of esters is 1. The van der Waals surface area contributed by atoms with Crippen LogP contribution in [0.2, 0.25) is 0 Å². The average molecular weight is 498 g/mol. The first-order valence-electron chi connectivity index (χ1n) is 12.9. The fourth-order valence-corrected chi connectivity index (χ4v) is 5.40. The highest BCUT2D eigenvalue weighted by Crippen LogP contribution is 2.41. The lowest BCUT2D eigenvalue weighted by molar-refractivity contribution is 0.0595. The van der Waals surface area contributed by atoms with Crippen LogP contribution in [0.25, 0.3) is 10.8 Å². The second-order valence-electron chi connectivity index (χ2n) is 9.68. The number of methoxy groups -OCH3 is 1. The Balaban J connectivity index is 1.26. The van der Waals surface area contributed by atoms with Gasteiger partial charge in [-0.25, -0.2) is 9.18 Å². The van der Waals surface area contributed by atoms with Crippen molar-refractivity contribution < 1.29 is 18.7 Å². The molecule has 0 spiro atoms. The minimum atomic E-state index is -0.664. The summed E-state index contributed by atoms with van der Waals surface area (Å²) in [5.41, 5.74) is 3.22. The van der Waals surface area contributed by atoms with Crippen LogP contribution in [0.3, 0.4) is 0 Å². The molecule has 0 saturated heterocycles. The molecular formula is C32H32FNO3. The largest absolute Gasteiger partial charge is 0.490 e. The highest BCUT2D eigenvalue weighted by Gasteiger charge is 2.30. The molecule has 0 unspecified atom stereocenters. The van der Waals surface area contributed by atoms with Crippen molar-refractivity contribution in [1.82, 2.24) is 5.32 Å². The number of fused-ring (bicyclic) bond motifs is 2. The van der Waals surface area contributed by atoms with Gasteiger partial charge in [0.1, 0.15) is 11.6 Å². The molecule has 0 fully saturated rings. The quantitative estimate of drug-likeness (QED) is 0.207. The molecule has 0 radical (unpaired) electrons. The molecule has 190 valence electrons. The van der Waals surface area contributed by atoms with Crippen LogP contribution < -0.4 is 10.1 Å². The highest BCUT2D eigenvalue weighted by molar-refractivity contribution is 5.90. The number of benzene rings is 4. The number of hydrogen-bond donors (Lipinski definition) is 1. The van der Waals surface area contributed by atoms with E-state index in [2.05, 4.69) is 54.7 Å². The van der Waals surface area contributed by atoms with Gasteiger partial charge in [-0.05, 0) is 72.8 Å². The molecule has 1 aliphatic heterocycles. The van der Waals surface area contributed by atoms with Crippen molar-refractivity contribution in [2.45, 2.75) is 44.2 Å². The molecule has 5 heteroatoms. The molecule has 4 aromatic carbocycles. The van der Waals surface area contributed by atoms with Crippen LogP contribution in [-0.2, 0) is 4.74 Å². The minimum Gasteiger partial charge on any atom is -0.490 e. The normalized spacial score (nSPS) is 17.6. The first-order valence-corrected chi connectivity index (χ1v) is 12.9. The molecular weight excluding hydrogens is 465 g/mol. The summed E-state index contributed by atoms with van der Waals surface area (Å²) in [5.74, 6) is -0.368. The van der Waals surface area contributed by atoms with E-state index >= 15 is 0 Å². The summed E-state index contributed by atoms with van der Waals surface area (Å²) in [7, 11) is 1.27. The van der Waals surface area contributed by atoms with Crippen LogP contribution in [0.4, 0.5) is 4.39 Å². The van der Waals surface area contributed by atoms with Gasteiger partial charge in [0.05, 0.1) is 18.8 Å². The summed E-state index contributed by atoms with van der Waals surface area (Å²) in [4.78, 5) is 12.1. The molecule has 1 heterocycles. The molecule has 0 saturated carbocycles. The topological polar surface area (TPSA) is 47.6 Å². The number of carbonyl (C=O) groups excluding carboxylic acids is 1. The lowest BCUT2D eigenvalue weighted by Gasteiger charge is -2.33. The first kappa shape index (κ1) is 25.0. The fraction of sp³-hybridized carbons (Fsp3) is 0.281. The second kappa shape index (κ2) is 11.1. The maximum Gasteiger partial charge on any atom is 0.340 e. The van der Waals surface area contributed by atoms with E-state index in [0.717, 1.165) is 42.7 Å². The highest BCUT2D eigenvalue weighted by atomic mass is 19.1. The lowest BCUT2D eigenvalue weighted by atomic mass is 9.82. The van der Waals surface area contributed by atoms with E-state index in [1.54, 1.807) is 12.1 Å². The Labute approximate surface area is 217 Å². The Hall–Kier alpha value is -3.70. The van der Waals surface area contributed by atoms with Crippen molar-refractivity contribution in [2.75, 3.05) is 13.7 Å². The molecule has 0 bridgehead atoms. The van der Waals surface area contributed by atoms with Crippen LogP contribution >= 0.6 is 0 Å². The first-order chi connectivity index (χ1) is 18.0. The number of rotatable bonds is 8. The average Bonchev–Trinajstić information content (AvgIpc) is 2.94. The van der Waals surface area contributed by atoms with Crippen molar-refractivity contribution in [3.63, 3.8) is 0 Å². The molecule has 5 rings (SSSR count). The molecule has 3 atom stereocenters. The number of nitrogens with one attached hydrogen (secondary N) is 1. The molecule has 4 aromatic rings. The van der Waals surface area contributed by atoms with Gasteiger partial charge >= 0.3 is 5.97 Å². The molecule has 37 heavy (non-hydrogen) atoms. The van der Waals surface area contributed by atoms with Crippen LogP contribution in [0.5, 0.6) is 5.75 Å². The second-order valence-corrected chi connectivity index (χ2v) is 9.68. The third-order valence-electron chi connectivity index (χ3n) is 7.33. The third-order valence-corrected chi connectivity index (χ3v) is 7.33. The van der Waals surface area contributed by atoms with Crippen LogP contribution in [-0.4, -0.2) is 25.7 Å². The van der Waals surface area contributed by atoms with Crippen LogP contribution in [0.1, 0.15) is 65.2 Å². The van der Waals surface area contributed by atoms with Gasteiger partial charge in [0.15, 0.2) is 0 Å². The van der Waals surface area contributed by atoms with Gasteiger partial charge in [0.25, 0.3) is 0 Å². The number of halogens is 1. The van der Waals surface area contributed by atoms with Crippen molar-refractivity contribution in [1.29, 1.82) is 0 Å². The van der Waals surface area contributed by atoms with E-state index in [1.807, 2.05) is 24.3 Å². The number of para-hydroxylation sites is 1. The van der Waals surface area contributed by atoms with E-state index in [-0.39, 0.29) is 23.6 Å². The number of hydrogen-bond acceptors (Lipinski definition) is 4. The van der Waals surface area contributed by atoms with Gasteiger partial charge in [0.2, 0.25) is 0 Å². The van der Waals surface area contributed by atoms with Gasteiger partial charge < -0.3 is 14.8 Å². The van der Waals surface area contributed by atoms with Crippen molar-refractivity contribution in [2.24, 2.45) is 0 Å². The molecule has 0 amide bonds. The van der Waals surface area contributed by atoms with Crippen molar-refractivity contribution in [3.8, 4) is 5.75 Å². The van der Waals surface area contributed by atoms with E-state index in [1.165, 1.54) is 29.5 Å². The predicted molar refractivity (Wildman–Crippen MR) is 145 cm³/mol. The Bertz CT molecular complexity index is 1400. The Morgan fingerprint density at radius 3 is 2.70 bits per heavy atom. The fourth-order valence-electron chi connectivity index (χ4n) is 5.40. The van der Waals surface area contributed by atoms with Gasteiger partial charge in [-0.3, -0.25) is 0 Å². The maximum atomic E-state index is 14.3. The zero-order valence-corrected chi connectivity index (χ0v) is 21.2. The third kappa shape index (κ3) is 5.37. The Morgan fingerprint density at radius 2 is 1.84 bits per heavy atom. The van der Waals surface area contributed by atoms with Gasteiger partial charge in [-0.1, -0.05) is 66.7 Å². The summed E-state index contributed by atoms with van der Waals surface area (Å²) in [6, 6.07) is 27.9. The van der Waals surface area contributed by atoms with Crippen LogP contribution in [0, 0.1) is 5.82 Å². The number of ether oxygens (including phenoxy) is 2. The lowest BCUT2D eigenvalue weighted by Crippen LogP contribution is -2.28. The molecule has 1 N–H and O–H groups in total. The van der Waals surface area contributed by atoms with E-state index in [4.69, 9.17) is 9.47 Å². The van der Waals surface area contributed by atoms with Crippen molar-refractivity contribution in [3.05, 3.63) is 113 Å². The summed E-state index contributed by atoms with van der Waals surface area (Å²) in [6.45, 7) is 3.08. The SMILES string of the molecule is COC(=O)c1cc([C@H]2C[C@H](CCCN[C@H](C)c3cccc4ccccc34)Oc3ccccc32)ccc1F. The zero-order chi connectivity index (χ0) is 25.8. The van der Waals surface area contributed by atoms with E-state index < -0.39 is 11.8 Å².